The Balaban J connectivity index is 1.51. The number of carbonyl (C=O) groups is 2. The van der Waals surface area contributed by atoms with E-state index in [1.54, 1.807) is 0 Å². The first kappa shape index (κ1) is 21.2. The third-order valence-corrected chi connectivity index (χ3v) is 6.05. The van der Waals surface area contributed by atoms with Gasteiger partial charge in [-0.15, -0.1) is 0 Å². The number of aliphatic imine (C=N–C) groups is 1. The fourth-order valence-electron chi connectivity index (χ4n) is 4.49. The molecule has 0 bridgehead atoms. The van der Waals surface area contributed by atoms with E-state index in [4.69, 9.17) is 4.52 Å². The van der Waals surface area contributed by atoms with Crippen molar-refractivity contribution in [2.24, 2.45) is 4.99 Å². The number of Topliss-reactive ketones (excluding diaryl/α,β-unsaturated/α-hetero) is 2. The fourth-order valence-corrected chi connectivity index (χ4v) is 4.49. The van der Waals surface area contributed by atoms with Gasteiger partial charge in [-0.25, -0.2) is 0 Å². The van der Waals surface area contributed by atoms with Gasteiger partial charge in [0, 0.05) is 44.4 Å². The Bertz CT molecular complexity index is 1030. The first-order chi connectivity index (χ1) is 15.1. The zero-order valence-corrected chi connectivity index (χ0v) is 17.9. The quantitative estimate of drug-likeness (QED) is 0.528. The molecule has 1 saturated carbocycles. The maximum Gasteiger partial charge on any atom is 0.168 e. The van der Waals surface area contributed by atoms with E-state index < -0.39 is 0 Å². The van der Waals surface area contributed by atoms with Crippen molar-refractivity contribution in [2.75, 3.05) is 6.54 Å². The Morgan fingerprint density at radius 3 is 2.74 bits per heavy atom. The largest absolute Gasteiger partial charge is 0.511 e. The molecule has 2 aromatic rings. The van der Waals surface area contributed by atoms with Gasteiger partial charge in [-0.2, -0.15) is 0 Å². The monoisotopic (exact) mass is 420 g/mol. The van der Waals surface area contributed by atoms with Crippen molar-refractivity contribution in [1.82, 2.24) is 5.16 Å². The lowest BCUT2D eigenvalue weighted by Crippen LogP contribution is -2.22. The summed E-state index contributed by atoms with van der Waals surface area (Å²) < 4.78 is 5.52. The molecule has 1 unspecified atom stereocenters. The van der Waals surface area contributed by atoms with E-state index in [0.717, 1.165) is 18.4 Å². The van der Waals surface area contributed by atoms with Gasteiger partial charge in [0.15, 0.2) is 11.6 Å². The maximum absolute atomic E-state index is 12.9. The van der Waals surface area contributed by atoms with Crippen LogP contribution in [0.5, 0.6) is 0 Å². The van der Waals surface area contributed by atoms with E-state index in [1.165, 1.54) is 0 Å². The highest BCUT2D eigenvalue weighted by Gasteiger charge is 2.33. The normalized spacial score (nSPS) is 22.0. The van der Waals surface area contributed by atoms with Crippen LogP contribution in [0.15, 0.2) is 51.2 Å². The molecule has 4 rings (SSSR count). The number of fused-ring (bicyclic) bond motifs is 1. The Morgan fingerprint density at radius 2 is 1.97 bits per heavy atom. The van der Waals surface area contributed by atoms with Crippen LogP contribution in [0, 0.1) is 0 Å². The predicted octanol–water partition coefficient (Wildman–Crippen LogP) is 4.94. The van der Waals surface area contributed by atoms with Gasteiger partial charge >= 0.3 is 0 Å². The standard InChI is InChI=1S/C25H28N2O4/c1-2-13-26-18-9-6-10-20(28)24(18)21(29)12-11-19-25-22(30)14-17(15-23(25)31-27-19)16-7-4-3-5-8-16/h3-5,7-8,17,29H,2,6,9-15H2,1H3/b24-21+,26-18?. The number of carbonyl (C=O) groups excluding carboxylic acids is 2. The summed E-state index contributed by atoms with van der Waals surface area (Å²) in [5, 5.41) is 14.8. The van der Waals surface area contributed by atoms with Crippen molar-refractivity contribution in [3.8, 4) is 0 Å². The lowest BCUT2D eigenvalue weighted by molar-refractivity contribution is -0.115. The summed E-state index contributed by atoms with van der Waals surface area (Å²) in [6, 6.07) is 9.97. The first-order valence-corrected chi connectivity index (χ1v) is 11.1. The van der Waals surface area contributed by atoms with E-state index in [1.807, 2.05) is 37.3 Å². The number of aromatic nitrogens is 1. The van der Waals surface area contributed by atoms with Crippen molar-refractivity contribution in [2.45, 2.75) is 64.2 Å². The topological polar surface area (TPSA) is 92.8 Å². The molecule has 1 aromatic carbocycles. The van der Waals surface area contributed by atoms with Gasteiger partial charge in [0.25, 0.3) is 0 Å². The van der Waals surface area contributed by atoms with E-state index >= 15 is 0 Å². The number of allylic oxidation sites excluding steroid dienone is 2. The van der Waals surface area contributed by atoms with Crippen molar-refractivity contribution in [1.29, 1.82) is 0 Å². The van der Waals surface area contributed by atoms with Gasteiger partial charge < -0.3 is 9.63 Å². The summed E-state index contributed by atoms with van der Waals surface area (Å²) in [6.07, 6.45) is 4.45. The smallest absolute Gasteiger partial charge is 0.168 e. The van der Waals surface area contributed by atoms with Crippen LogP contribution in [0.4, 0.5) is 0 Å². The molecule has 31 heavy (non-hydrogen) atoms. The second kappa shape index (κ2) is 9.41. The van der Waals surface area contributed by atoms with Crippen molar-refractivity contribution in [3.05, 3.63) is 64.2 Å². The van der Waals surface area contributed by atoms with Gasteiger partial charge in [-0.05, 0) is 30.7 Å². The molecule has 6 heteroatoms. The van der Waals surface area contributed by atoms with E-state index in [-0.39, 0.29) is 29.7 Å². The zero-order chi connectivity index (χ0) is 21.8. The zero-order valence-electron chi connectivity index (χ0n) is 17.9. The Labute approximate surface area is 182 Å². The third kappa shape index (κ3) is 4.53. The lowest BCUT2D eigenvalue weighted by Gasteiger charge is -2.20. The fraction of sp³-hybridized carbons (Fsp3) is 0.440. The minimum atomic E-state index is -0.0532. The van der Waals surface area contributed by atoms with E-state index in [2.05, 4.69) is 10.1 Å². The van der Waals surface area contributed by atoms with Crippen LogP contribution in [0.3, 0.4) is 0 Å². The molecule has 1 fully saturated rings. The van der Waals surface area contributed by atoms with Crippen LogP contribution >= 0.6 is 0 Å². The van der Waals surface area contributed by atoms with Crippen LogP contribution < -0.4 is 0 Å². The molecule has 1 atom stereocenters. The molecule has 1 N–H and O–H groups in total. The molecule has 2 aliphatic rings. The van der Waals surface area contributed by atoms with Crippen LogP contribution in [-0.2, 0) is 17.6 Å². The summed E-state index contributed by atoms with van der Waals surface area (Å²) in [5.74, 6) is 0.725. The molecule has 0 spiro atoms. The lowest BCUT2D eigenvalue weighted by atomic mass is 9.81. The van der Waals surface area contributed by atoms with E-state index in [0.29, 0.717) is 67.0 Å². The summed E-state index contributed by atoms with van der Waals surface area (Å²) in [5.41, 5.74) is 3.32. The molecular formula is C25H28N2O4. The first-order valence-electron chi connectivity index (χ1n) is 11.1. The highest BCUT2D eigenvalue weighted by molar-refractivity contribution is 6.24. The predicted molar refractivity (Wildman–Crippen MR) is 118 cm³/mol. The van der Waals surface area contributed by atoms with Crippen molar-refractivity contribution >= 4 is 17.3 Å². The number of ketones is 2. The maximum atomic E-state index is 12.9. The number of aryl methyl sites for hydroxylation is 1. The number of rotatable bonds is 6. The summed E-state index contributed by atoms with van der Waals surface area (Å²) in [4.78, 5) is 29.8. The molecular weight excluding hydrogens is 392 g/mol. The number of nitrogens with zero attached hydrogens (tertiary/aromatic N) is 2. The highest BCUT2D eigenvalue weighted by Crippen LogP contribution is 2.35. The number of aliphatic hydroxyl groups excluding tert-OH is 1. The van der Waals surface area contributed by atoms with Crippen LogP contribution in [0.1, 0.15) is 78.7 Å². The average molecular weight is 421 g/mol. The van der Waals surface area contributed by atoms with Gasteiger partial charge in [0.05, 0.1) is 16.8 Å². The number of hydrogen-bond donors (Lipinski definition) is 1. The molecule has 1 aromatic heterocycles. The molecule has 0 amide bonds. The second-order valence-electron chi connectivity index (χ2n) is 8.29. The molecule has 162 valence electrons. The second-order valence-corrected chi connectivity index (χ2v) is 8.29. The van der Waals surface area contributed by atoms with Crippen LogP contribution in [0.25, 0.3) is 0 Å². The summed E-state index contributed by atoms with van der Waals surface area (Å²) >= 11 is 0. The Kier molecular flexibility index (Phi) is 6.44. The summed E-state index contributed by atoms with van der Waals surface area (Å²) in [7, 11) is 0. The van der Waals surface area contributed by atoms with E-state index in [9.17, 15) is 14.7 Å². The number of benzene rings is 1. The molecule has 0 saturated heterocycles. The minimum absolute atomic E-state index is 0.0254. The van der Waals surface area contributed by atoms with Crippen molar-refractivity contribution in [3.63, 3.8) is 0 Å². The average Bonchev–Trinajstić information content (AvgIpc) is 3.20. The van der Waals surface area contributed by atoms with Crippen LogP contribution in [0.2, 0.25) is 0 Å². The SMILES string of the molecule is CCCN=C1CCCC(=O)/C1=C(/O)CCc1noc2c1C(=O)CC(c1ccccc1)C2. The molecule has 0 radical (unpaired) electrons. The third-order valence-electron chi connectivity index (χ3n) is 6.05. The van der Waals surface area contributed by atoms with Gasteiger partial charge in [0.2, 0.25) is 0 Å². The van der Waals surface area contributed by atoms with Crippen LogP contribution in [-0.4, -0.2) is 34.1 Å². The number of hydrogen-bond acceptors (Lipinski definition) is 6. The van der Waals surface area contributed by atoms with Crippen molar-refractivity contribution < 1.29 is 19.2 Å². The summed E-state index contributed by atoms with van der Waals surface area (Å²) in [6.45, 7) is 2.68. The van der Waals surface area contributed by atoms with Gasteiger partial charge in [-0.3, -0.25) is 14.6 Å². The molecule has 1 heterocycles. The Hall–Kier alpha value is -3.02. The molecule has 0 aliphatic heterocycles. The minimum Gasteiger partial charge on any atom is -0.511 e. The molecule has 2 aliphatic carbocycles. The molecule has 6 nitrogen and oxygen atoms in total. The highest BCUT2D eigenvalue weighted by atomic mass is 16.5. The van der Waals surface area contributed by atoms with Gasteiger partial charge in [0.1, 0.15) is 11.5 Å². The Morgan fingerprint density at radius 1 is 1.16 bits per heavy atom. The van der Waals surface area contributed by atoms with Gasteiger partial charge in [-0.1, -0.05) is 42.4 Å². The number of aliphatic hydroxyl groups is 1.